The summed E-state index contributed by atoms with van der Waals surface area (Å²) >= 11 is 0. The van der Waals surface area contributed by atoms with E-state index in [1.807, 2.05) is 27.1 Å². The van der Waals surface area contributed by atoms with Crippen molar-refractivity contribution in [2.75, 3.05) is 20.3 Å². The molecule has 0 aliphatic rings. The van der Waals surface area contributed by atoms with Crippen molar-refractivity contribution in [2.45, 2.75) is 26.8 Å². The zero-order chi connectivity index (χ0) is 16.1. The molecule has 2 heterocycles. The Kier molecular flexibility index (Phi) is 5.32. The Morgan fingerprint density at radius 1 is 1.36 bits per heavy atom. The number of carbonyl (C=O) groups excluding carboxylic acids is 1. The van der Waals surface area contributed by atoms with Gasteiger partial charge in [0.05, 0.1) is 6.61 Å². The molecule has 0 aromatic carbocycles. The topological polar surface area (TPSA) is 74.0 Å². The highest BCUT2D eigenvalue weighted by molar-refractivity contribution is 5.92. The molecule has 0 atom stereocenters. The van der Waals surface area contributed by atoms with Gasteiger partial charge in [0.15, 0.2) is 0 Å². The quantitative estimate of drug-likeness (QED) is 0.823. The SMILES string of the molecule is COCCn1c(C)cnc1CCNC(=O)c1cc(C)n(C)n1. The fourth-order valence-electron chi connectivity index (χ4n) is 2.25. The number of hydrogen-bond donors (Lipinski definition) is 1. The molecule has 1 amide bonds. The predicted octanol–water partition coefficient (Wildman–Crippen LogP) is 0.852. The van der Waals surface area contributed by atoms with E-state index < -0.39 is 0 Å². The van der Waals surface area contributed by atoms with Gasteiger partial charge < -0.3 is 14.6 Å². The molecule has 2 aromatic rings. The zero-order valence-electron chi connectivity index (χ0n) is 13.6. The number of rotatable bonds is 7. The molecule has 22 heavy (non-hydrogen) atoms. The third-order valence-corrected chi connectivity index (χ3v) is 3.64. The van der Waals surface area contributed by atoms with Gasteiger partial charge in [-0.25, -0.2) is 4.98 Å². The molecule has 2 aromatic heterocycles. The summed E-state index contributed by atoms with van der Waals surface area (Å²) in [5, 5.41) is 7.05. The Morgan fingerprint density at radius 2 is 2.14 bits per heavy atom. The van der Waals surface area contributed by atoms with Gasteiger partial charge >= 0.3 is 0 Å². The van der Waals surface area contributed by atoms with Gasteiger partial charge in [0.25, 0.3) is 5.91 Å². The number of amides is 1. The predicted molar refractivity (Wildman–Crippen MR) is 82.8 cm³/mol. The summed E-state index contributed by atoms with van der Waals surface area (Å²) in [4.78, 5) is 16.4. The van der Waals surface area contributed by atoms with E-state index in [9.17, 15) is 4.79 Å². The molecule has 7 heteroatoms. The number of nitrogens with one attached hydrogen (secondary N) is 1. The van der Waals surface area contributed by atoms with Crippen molar-refractivity contribution < 1.29 is 9.53 Å². The molecular weight excluding hydrogens is 282 g/mol. The summed E-state index contributed by atoms with van der Waals surface area (Å²) in [6.07, 6.45) is 2.52. The lowest BCUT2D eigenvalue weighted by Crippen LogP contribution is -2.27. The number of carbonyl (C=O) groups is 1. The van der Waals surface area contributed by atoms with Gasteiger partial charge in [-0.15, -0.1) is 0 Å². The fourth-order valence-corrected chi connectivity index (χ4v) is 2.25. The molecule has 0 spiro atoms. The van der Waals surface area contributed by atoms with Crippen LogP contribution in [-0.2, 0) is 24.8 Å². The molecule has 0 aliphatic carbocycles. The first kappa shape index (κ1) is 16.2. The molecular formula is C15H23N5O2. The number of hydrogen-bond acceptors (Lipinski definition) is 4. The molecule has 0 fully saturated rings. The Labute approximate surface area is 130 Å². The summed E-state index contributed by atoms with van der Waals surface area (Å²) in [6, 6.07) is 1.78. The highest BCUT2D eigenvalue weighted by Crippen LogP contribution is 2.05. The molecule has 1 N–H and O–H groups in total. The Balaban J connectivity index is 1.89. The van der Waals surface area contributed by atoms with Crippen molar-refractivity contribution in [3.63, 3.8) is 0 Å². The average Bonchev–Trinajstić information content (AvgIpc) is 3.01. The zero-order valence-corrected chi connectivity index (χ0v) is 13.6. The van der Waals surface area contributed by atoms with Crippen LogP contribution in [0.1, 0.15) is 27.7 Å². The summed E-state index contributed by atoms with van der Waals surface area (Å²) < 4.78 is 8.91. The molecule has 120 valence electrons. The van der Waals surface area contributed by atoms with E-state index in [2.05, 4.69) is 20.0 Å². The van der Waals surface area contributed by atoms with Crippen LogP contribution in [0, 0.1) is 13.8 Å². The Bertz CT molecular complexity index is 625. The van der Waals surface area contributed by atoms with Crippen LogP contribution in [0.4, 0.5) is 0 Å². The van der Waals surface area contributed by atoms with E-state index in [4.69, 9.17) is 4.74 Å². The van der Waals surface area contributed by atoms with Gasteiger partial charge in [-0.1, -0.05) is 0 Å². The largest absolute Gasteiger partial charge is 0.383 e. The van der Waals surface area contributed by atoms with Crippen molar-refractivity contribution >= 4 is 5.91 Å². The van der Waals surface area contributed by atoms with Gasteiger partial charge in [-0.2, -0.15) is 5.10 Å². The second-order valence-electron chi connectivity index (χ2n) is 5.26. The lowest BCUT2D eigenvalue weighted by atomic mass is 10.3. The second kappa shape index (κ2) is 7.22. The highest BCUT2D eigenvalue weighted by atomic mass is 16.5. The first-order chi connectivity index (χ1) is 10.5. The van der Waals surface area contributed by atoms with E-state index >= 15 is 0 Å². The number of nitrogens with zero attached hydrogens (tertiary/aromatic N) is 4. The number of aromatic nitrogens is 4. The third kappa shape index (κ3) is 3.73. The average molecular weight is 305 g/mol. The summed E-state index contributed by atoms with van der Waals surface area (Å²) in [5.41, 5.74) is 2.49. The number of imidazole rings is 1. The standard InChI is InChI=1S/C15H23N5O2/c1-11-9-13(18-19(11)3)15(21)16-6-5-14-17-10-12(2)20(14)7-8-22-4/h9-10H,5-8H2,1-4H3,(H,16,21). The van der Waals surface area contributed by atoms with E-state index in [1.54, 1.807) is 17.9 Å². The minimum atomic E-state index is -0.157. The number of ether oxygens (including phenoxy) is 1. The van der Waals surface area contributed by atoms with Crippen LogP contribution in [0.5, 0.6) is 0 Å². The molecule has 0 radical (unpaired) electrons. The van der Waals surface area contributed by atoms with Crippen LogP contribution in [-0.4, -0.2) is 45.5 Å². The monoisotopic (exact) mass is 305 g/mol. The van der Waals surface area contributed by atoms with Gasteiger partial charge in [-0.05, 0) is 19.9 Å². The maximum Gasteiger partial charge on any atom is 0.271 e. The molecule has 0 saturated heterocycles. The van der Waals surface area contributed by atoms with Crippen LogP contribution in [0.3, 0.4) is 0 Å². The summed E-state index contributed by atoms with van der Waals surface area (Å²) in [5.74, 6) is 0.794. The van der Waals surface area contributed by atoms with Crippen LogP contribution in [0.25, 0.3) is 0 Å². The van der Waals surface area contributed by atoms with Gasteiger partial charge in [0.2, 0.25) is 0 Å². The molecule has 7 nitrogen and oxygen atoms in total. The van der Waals surface area contributed by atoms with Crippen LogP contribution in [0.2, 0.25) is 0 Å². The molecule has 2 rings (SSSR count). The van der Waals surface area contributed by atoms with Crippen molar-refractivity contribution in [3.05, 3.63) is 35.2 Å². The van der Waals surface area contributed by atoms with Gasteiger partial charge in [-0.3, -0.25) is 9.48 Å². The van der Waals surface area contributed by atoms with Crippen molar-refractivity contribution in [2.24, 2.45) is 7.05 Å². The highest BCUT2D eigenvalue weighted by Gasteiger charge is 2.11. The first-order valence-corrected chi connectivity index (χ1v) is 7.31. The lowest BCUT2D eigenvalue weighted by molar-refractivity contribution is 0.0948. The summed E-state index contributed by atoms with van der Waals surface area (Å²) in [6.45, 7) is 5.87. The Hall–Kier alpha value is -2.15. The van der Waals surface area contributed by atoms with E-state index in [0.717, 1.165) is 23.8 Å². The summed E-state index contributed by atoms with van der Waals surface area (Å²) in [7, 11) is 3.50. The van der Waals surface area contributed by atoms with Crippen LogP contribution in [0.15, 0.2) is 12.3 Å². The fraction of sp³-hybridized carbons (Fsp3) is 0.533. The smallest absolute Gasteiger partial charge is 0.271 e. The van der Waals surface area contributed by atoms with Crippen molar-refractivity contribution in [1.82, 2.24) is 24.6 Å². The molecule has 0 unspecified atom stereocenters. The minimum absolute atomic E-state index is 0.157. The Morgan fingerprint density at radius 3 is 2.77 bits per heavy atom. The van der Waals surface area contributed by atoms with E-state index in [1.165, 1.54) is 0 Å². The minimum Gasteiger partial charge on any atom is -0.383 e. The third-order valence-electron chi connectivity index (χ3n) is 3.64. The van der Waals surface area contributed by atoms with Crippen LogP contribution < -0.4 is 5.32 Å². The molecule has 0 bridgehead atoms. The number of aryl methyl sites for hydroxylation is 3. The van der Waals surface area contributed by atoms with Gasteiger partial charge in [0.1, 0.15) is 11.5 Å². The van der Waals surface area contributed by atoms with E-state index in [-0.39, 0.29) is 5.91 Å². The number of methoxy groups -OCH3 is 1. The normalized spacial score (nSPS) is 10.9. The maximum absolute atomic E-state index is 12.0. The van der Waals surface area contributed by atoms with Gasteiger partial charge in [0, 0.05) is 51.3 Å². The van der Waals surface area contributed by atoms with Crippen LogP contribution >= 0.6 is 0 Å². The maximum atomic E-state index is 12.0. The van der Waals surface area contributed by atoms with E-state index in [0.29, 0.717) is 25.3 Å². The van der Waals surface area contributed by atoms with Crippen molar-refractivity contribution in [3.8, 4) is 0 Å². The second-order valence-corrected chi connectivity index (χ2v) is 5.26. The van der Waals surface area contributed by atoms with Crippen molar-refractivity contribution in [1.29, 1.82) is 0 Å². The first-order valence-electron chi connectivity index (χ1n) is 7.31. The lowest BCUT2D eigenvalue weighted by Gasteiger charge is -2.09. The molecule has 0 saturated carbocycles. The molecule has 0 aliphatic heterocycles.